The SMILES string of the molecule is COc1cnn(C)c1C(=O)c1ccc(C(C)(C)C)cc1. The number of hydrogen-bond donors (Lipinski definition) is 0. The third-order valence-electron chi connectivity index (χ3n) is 3.35. The summed E-state index contributed by atoms with van der Waals surface area (Å²) in [6.45, 7) is 6.44. The van der Waals surface area contributed by atoms with E-state index in [1.54, 1.807) is 17.9 Å². The molecule has 0 N–H and O–H groups in total. The van der Waals surface area contributed by atoms with Crippen LogP contribution >= 0.6 is 0 Å². The molecule has 4 nitrogen and oxygen atoms in total. The Balaban J connectivity index is 2.37. The van der Waals surface area contributed by atoms with Gasteiger partial charge in [0.15, 0.2) is 11.4 Å². The van der Waals surface area contributed by atoms with Crippen LogP contribution in [-0.2, 0) is 12.5 Å². The number of carbonyl (C=O) groups is 1. The molecule has 2 aromatic rings. The minimum Gasteiger partial charge on any atom is -0.493 e. The average Bonchev–Trinajstić information content (AvgIpc) is 2.78. The summed E-state index contributed by atoms with van der Waals surface area (Å²) in [7, 11) is 3.27. The largest absolute Gasteiger partial charge is 0.493 e. The van der Waals surface area contributed by atoms with E-state index in [1.165, 1.54) is 12.7 Å². The van der Waals surface area contributed by atoms with Crippen LogP contribution in [0.15, 0.2) is 30.5 Å². The van der Waals surface area contributed by atoms with Gasteiger partial charge in [-0.05, 0) is 11.0 Å². The number of nitrogens with zero attached hydrogens (tertiary/aromatic N) is 2. The van der Waals surface area contributed by atoms with Gasteiger partial charge in [0.05, 0.1) is 13.3 Å². The molecule has 0 aliphatic heterocycles. The summed E-state index contributed by atoms with van der Waals surface area (Å²) in [6, 6.07) is 7.71. The number of hydrogen-bond acceptors (Lipinski definition) is 3. The minimum absolute atomic E-state index is 0.0752. The monoisotopic (exact) mass is 272 g/mol. The molecule has 1 aromatic heterocycles. The minimum atomic E-state index is -0.0812. The van der Waals surface area contributed by atoms with E-state index >= 15 is 0 Å². The molecule has 0 saturated heterocycles. The van der Waals surface area contributed by atoms with Gasteiger partial charge in [-0.1, -0.05) is 45.0 Å². The van der Waals surface area contributed by atoms with Gasteiger partial charge in [-0.3, -0.25) is 9.48 Å². The Morgan fingerprint density at radius 2 is 1.80 bits per heavy atom. The predicted molar refractivity (Wildman–Crippen MR) is 78.3 cm³/mol. The Bertz CT molecular complexity index is 619. The lowest BCUT2D eigenvalue weighted by molar-refractivity contribution is 0.102. The molecule has 0 fully saturated rings. The molecule has 0 saturated carbocycles. The number of ether oxygens (including phenoxy) is 1. The summed E-state index contributed by atoms with van der Waals surface area (Å²) < 4.78 is 6.72. The molecule has 0 bridgehead atoms. The van der Waals surface area contributed by atoms with Gasteiger partial charge in [0.1, 0.15) is 0 Å². The molecular formula is C16H20N2O2. The molecule has 0 amide bonds. The van der Waals surface area contributed by atoms with Gasteiger partial charge in [-0.15, -0.1) is 0 Å². The van der Waals surface area contributed by atoms with Crippen LogP contribution < -0.4 is 4.74 Å². The number of aromatic nitrogens is 2. The van der Waals surface area contributed by atoms with E-state index in [0.717, 1.165) is 0 Å². The average molecular weight is 272 g/mol. The first-order chi connectivity index (χ1) is 9.34. The smallest absolute Gasteiger partial charge is 0.214 e. The maximum Gasteiger partial charge on any atom is 0.214 e. The highest BCUT2D eigenvalue weighted by atomic mass is 16.5. The number of methoxy groups -OCH3 is 1. The maximum atomic E-state index is 12.5. The van der Waals surface area contributed by atoms with E-state index in [0.29, 0.717) is 17.0 Å². The normalized spacial score (nSPS) is 11.4. The van der Waals surface area contributed by atoms with Crippen molar-refractivity contribution in [3.8, 4) is 5.75 Å². The molecule has 4 heteroatoms. The summed E-state index contributed by atoms with van der Waals surface area (Å²) in [5, 5.41) is 4.06. The summed E-state index contributed by atoms with van der Waals surface area (Å²) in [6.07, 6.45) is 1.55. The summed E-state index contributed by atoms with van der Waals surface area (Å²) in [4.78, 5) is 12.5. The summed E-state index contributed by atoms with van der Waals surface area (Å²) in [5.41, 5.74) is 2.38. The van der Waals surface area contributed by atoms with Crippen molar-refractivity contribution in [3.05, 3.63) is 47.3 Å². The molecule has 2 rings (SSSR count). The molecule has 0 atom stereocenters. The van der Waals surface area contributed by atoms with Crippen molar-refractivity contribution < 1.29 is 9.53 Å². The summed E-state index contributed by atoms with van der Waals surface area (Å²) in [5.74, 6) is 0.416. The van der Waals surface area contributed by atoms with Crippen LogP contribution in [0.4, 0.5) is 0 Å². The quantitative estimate of drug-likeness (QED) is 0.807. The van der Waals surface area contributed by atoms with Crippen molar-refractivity contribution in [2.75, 3.05) is 7.11 Å². The highest BCUT2D eigenvalue weighted by Crippen LogP contribution is 2.24. The second kappa shape index (κ2) is 5.12. The van der Waals surface area contributed by atoms with Gasteiger partial charge in [0, 0.05) is 12.6 Å². The highest BCUT2D eigenvalue weighted by molar-refractivity contribution is 6.09. The fourth-order valence-corrected chi connectivity index (χ4v) is 2.08. The summed E-state index contributed by atoms with van der Waals surface area (Å²) >= 11 is 0. The van der Waals surface area contributed by atoms with Crippen LogP contribution in [0, 0.1) is 0 Å². The standard InChI is InChI=1S/C16H20N2O2/c1-16(2,3)12-8-6-11(7-9-12)15(19)14-13(20-5)10-17-18(14)4/h6-10H,1-5H3. The molecule has 0 aliphatic rings. The van der Waals surface area contributed by atoms with E-state index < -0.39 is 0 Å². The van der Waals surface area contributed by atoms with Crippen molar-refractivity contribution >= 4 is 5.78 Å². The van der Waals surface area contributed by atoms with Crippen LogP contribution in [0.5, 0.6) is 5.75 Å². The van der Waals surface area contributed by atoms with Gasteiger partial charge in [-0.25, -0.2) is 0 Å². The number of ketones is 1. The molecule has 0 unspecified atom stereocenters. The van der Waals surface area contributed by atoms with E-state index in [1.807, 2.05) is 24.3 Å². The number of aryl methyl sites for hydroxylation is 1. The lowest BCUT2D eigenvalue weighted by Crippen LogP contribution is -2.13. The predicted octanol–water partition coefficient (Wildman–Crippen LogP) is 2.96. The molecule has 1 heterocycles. The molecule has 0 aliphatic carbocycles. The highest BCUT2D eigenvalue weighted by Gasteiger charge is 2.20. The molecule has 1 aromatic carbocycles. The first-order valence-electron chi connectivity index (χ1n) is 6.56. The Morgan fingerprint density at radius 1 is 1.20 bits per heavy atom. The topological polar surface area (TPSA) is 44.1 Å². The molecule has 106 valence electrons. The third-order valence-corrected chi connectivity index (χ3v) is 3.35. The van der Waals surface area contributed by atoms with Gasteiger partial charge in [0.2, 0.25) is 5.78 Å². The Hall–Kier alpha value is -2.10. The van der Waals surface area contributed by atoms with Gasteiger partial charge in [0.25, 0.3) is 0 Å². The first-order valence-corrected chi connectivity index (χ1v) is 6.56. The Kier molecular flexibility index (Phi) is 3.66. The van der Waals surface area contributed by atoms with Crippen molar-refractivity contribution in [1.82, 2.24) is 9.78 Å². The zero-order valence-corrected chi connectivity index (χ0v) is 12.6. The van der Waals surface area contributed by atoms with E-state index in [2.05, 4.69) is 25.9 Å². The van der Waals surface area contributed by atoms with Crippen LogP contribution in [-0.4, -0.2) is 22.7 Å². The lowest BCUT2D eigenvalue weighted by Gasteiger charge is -2.19. The lowest BCUT2D eigenvalue weighted by atomic mass is 9.86. The van der Waals surface area contributed by atoms with Crippen LogP contribution in [0.1, 0.15) is 42.4 Å². The van der Waals surface area contributed by atoms with Gasteiger partial charge < -0.3 is 4.74 Å². The Morgan fingerprint density at radius 3 is 2.30 bits per heavy atom. The fraction of sp³-hybridized carbons (Fsp3) is 0.375. The number of carbonyl (C=O) groups excluding carboxylic acids is 1. The molecule has 0 radical (unpaired) electrons. The van der Waals surface area contributed by atoms with E-state index in [-0.39, 0.29) is 11.2 Å². The van der Waals surface area contributed by atoms with Crippen LogP contribution in [0.3, 0.4) is 0 Å². The maximum absolute atomic E-state index is 12.5. The zero-order valence-electron chi connectivity index (χ0n) is 12.6. The Labute approximate surface area is 119 Å². The molecular weight excluding hydrogens is 252 g/mol. The van der Waals surface area contributed by atoms with Crippen molar-refractivity contribution in [2.45, 2.75) is 26.2 Å². The zero-order chi connectivity index (χ0) is 14.9. The van der Waals surface area contributed by atoms with Crippen molar-refractivity contribution in [1.29, 1.82) is 0 Å². The molecule has 20 heavy (non-hydrogen) atoms. The second-order valence-electron chi connectivity index (χ2n) is 5.84. The van der Waals surface area contributed by atoms with E-state index in [4.69, 9.17) is 4.74 Å². The van der Waals surface area contributed by atoms with Crippen LogP contribution in [0.25, 0.3) is 0 Å². The molecule has 0 spiro atoms. The van der Waals surface area contributed by atoms with Crippen molar-refractivity contribution in [3.63, 3.8) is 0 Å². The van der Waals surface area contributed by atoms with E-state index in [9.17, 15) is 4.79 Å². The second-order valence-corrected chi connectivity index (χ2v) is 5.84. The van der Waals surface area contributed by atoms with Gasteiger partial charge in [-0.2, -0.15) is 5.10 Å². The fourth-order valence-electron chi connectivity index (χ4n) is 2.08. The van der Waals surface area contributed by atoms with Gasteiger partial charge >= 0.3 is 0 Å². The van der Waals surface area contributed by atoms with Crippen LogP contribution in [0.2, 0.25) is 0 Å². The first kappa shape index (κ1) is 14.3. The number of rotatable bonds is 3. The third kappa shape index (κ3) is 2.59. The van der Waals surface area contributed by atoms with Crippen molar-refractivity contribution in [2.24, 2.45) is 7.05 Å². The number of benzene rings is 1.